The van der Waals surface area contributed by atoms with E-state index < -0.39 is 0 Å². The lowest BCUT2D eigenvalue weighted by Gasteiger charge is -2.14. The molecule has 1 aliphatic carbocycles. The van der Waals surface area contributed by atoms with Crippen molar-refractivity contribution in [2.45, 2.75) is 25.8 Å². The molecule has 0 saturated heterocycles. The Morgan fingerprint density at radius 3 is 2.28 bits per heavy atom. The van der Waals surface area contributed by atoms with Gasteiger partial charge in [0.2, 0.25) is 5.91 Å². The molecule has 25 heavy (non-hydrogen) atoms. The Kier molecular flexibility index (Phi) is 4.80. The molecule has 2 aromatic carbocycles. The molecule has 1 aliphatic rings. The molecule has 1 fully saturated rings. The zero-order valence-corrected chi connectivity index (χ0v) is 14.0. The summed E-state index contributed by atoms with van der Waals surface area (Å²) >= 11 is 0. The van der Waals surface area contributed by atoms with Gasteiger partial charge in [-0.1, -0.05) is 12.1 Å². The van der Waals surface area contributed by atoms with Gasteiger partial charge in [-0.3, -0.25) is 9.59 Å². The van der Waals surface area contributed by atoms with E-state index in [4.69, 9.17) is 5.26 Å². The van der Waals surface area contributed by atoms with Crippen LogP contribution in [-0.4, -0.2) is 11.8 Å². The molecule has 5 nitrogen and oxygen atoms in total. The first-order valence-corrected chi connectivity index (χ1v) is 8.28. The lowest BCUT2D eigenvalue weighted by Crippen LogP contribution is -2.26. The summed E-state index contributed by atoms with van der Waals surface area (Å²) in [5.41, 5.74) is 2.75. The Balaban J connectivity index is 1.60. The van der Waals surface area contributed by atoms with Crippen LogP contribution < -0.4 is 10.6 Å². The zero-order chi connectivity index (χ0) is 17.8. The van der Waals surface area contributed by atoms with Gasteiger partial charge in [-0.25, -0.2) is 0 Å². The Hall–Kier alpha value is -3.13. The van der Waals surface area contributed by atoms with Crippen molar-refractivity contribution in [3.63, 3.8) is 0 Å². The number of nitrogens with zero attached hydrogens (tertiary/aromatic N) is 1. The third kappa shape index (κ3) is 4.24. The highest BCUT2D eigenvalue weighted by atomic mass is 16.2. The van der Waals surface area contributed by atoms with Crippen molar-refractivity contribution in [1.82, 2.24) is 5.32 Å². The van der Waals surface area contributed by atoms with E-state index in [1.807, 2.05) is 19.1 Å². The van der Waals surface area contributed by atoms with Crippen LogP contribution in [0, 0.1) is 17.2 Å². The second kappa shape index (κ2) is 7.18. The van der Waals surface area contributed by atoms with Crippen LogP contribution in [0.4, 0.5) is 5.69 Å². The van der Waals surface area contributed by atoms with Crippen molar-refractivity contribution in [3.8, 4) is 6.07 Å². The van der Waals surface area contributed by atoms with Crippen LogP contribution in [0.3, 0.4) is 0 Å². The number of hydrogen-bond donors (Lipinski definition) is 2. The van der Waals surface area contributed by atoms with E-state index in [-0.39, 0.29) is 23.8 Å². The maximum absolute atomic E-state index is 12.4. The highest BCUT2D eigenvalue weighted by Crippen LogP contribution is 2.30. The van der Waals surface area contributed by atoms with Crippen molar-refractivity contribution in [1.29, 1.82) is 5.26 Å². The minimum atomic E-state index is -0.183. The molecule has 0 radical (unpaired) electrons. The highest BCUT2D eigenvalue weighted by Gasteiger charge is 2.29. The Morgan fingerprint density at radius 2 is 1.72 bits per heavy atom. The molecular weight excluding hydrogens is 314 g/mol. The standard InChI is InChI=1S/C20H19N3O2/c1-13(15-4-2-14(12-21)3-5-15)22-19(24)17-8-10-18(11-9-17)23-20(25)16-6-7-16/h2-5,8-11,13,16H,6-7H2,1H3,(H,22,24)(H,23,25). The number of carbonyl (C=O) groups is 2. The smallest absolute Gasteiger partial charge is 0.251 e. The van der Waals surface area contributed by atoms with Gasteiger partial charge in [-0.05, 0) is 61.7 Å². The van der Waals surface area contributed by atoms with Crippen molar-refractivity contribution >= 4 is 17.5 Å². The first kappa shape index (κ1) is 16.7. The van der Waals surface area contributed by atoms with Crippen LogP contribution in [0.25, 0.3) is 0 Å². The number of rotatable bonds is 5. The molecule has 0 heterocycles. The van der Waals surface area contributed by atoms with Crippen LogP contribution >= 0.6 is 0 Å². The summed E-state index contributed by atoms with van der Waals surface area (Å²) in [7, 11) is 0. The number of amides is 2. The van der Waals surface area contributed by atoms with Crippen molar-refractivity contribution in [2.24, 2.45) is 5.92 Å². The summed E-state index contributed by atoms with van der Waals surface area (Å²) in [5.74, 6) is 0.0137. The van der Waals surface area contributed by atoms with Crippen LogP contribution in [0.1, 0.15) is 47.3 Å². The molecule has 1 saturated carbocycles. The van der Waals surface area contributed by atoms with Gasteiger partial charge >= 0.3 is 0 Å². The average molecular weight is 333 g/mol. The van der Waals surface area contributed by atoms with E-state index >= 15 is 0 Å². The third-order valence-electron chi connectivity index (χ3n) is 4.25. The maximum Gasteiger partial charge on any atom is 0.251 e. The normalized spacial score (nSPS) is 14.2. The first-order chi connectivity index (χ1) is 12.1. The summed E-state index contributed by atoms with van der Waals surface area (Å²) in [6.07, 6.45) is 1.92. The average Bonchev–Trinajstić information content (AvgIpc) is 3.47. The number of benzene rings is 2. The number of nitrogens with one attached hydrogen (secondary N) is 2. The van der Waals surface area contributed by atoms with Crippen LogP contribution in [0.5, 0.6) is 0 Å². The maximum atomic E-state index is 12.4. The summed E-state index contributed by atoms with van der Waals surface area (Å²) in [4.78, 5) is 24.1. The Labute approximate surface area is 146 Å². The summed E-state index contributed by atoms with van der Waals surface area (Å²) < 4.78 is 0. The van der Waals surface area contributed by atoms with Crippen molar-refractivity contribution < 1.29 is 9.59 Å². The predicted octanol–water partition coefficient (Wildman–Crippen LogP) is 3.40. The van der Waals surface area contributed by atoms with E-state index in [0.717, 1.165) is 18.4 Å². The largest absolute Gasteiger partial charge is 0.346 e. The van der Waals surface area contributed by atoms with E-state index in [9.17, 15) is 9.59 Å². The van der Waals surface area contributed by atoms with Gasteiger partial charge in [0.15, 0.2) is 0 Å². The monoisotopic (exact) mass is 333 g/mol. The molecule has 5 heteroatoms. The molecular formula is C20H19N3O2. The highest BCUT2D eigenvalue weighted by molar-refractivity contribution is 5.96. The van der Waals surface area contributed by atoms with Gasteiger partial charge < -0.3 is 10.6 Å². The topological polar surface area (TPSA) is 82.0 Å². The molecule has 2 aromatic rings. The molecule has 0 spiro atoms. The van der Waals surface area contributed by atoms with Gasteiger partial charge in [0, 0.05) is 17.2 Å². The zero-order valence-electron chi connectivity index (χ0n) is 14.0. The lowest BCUT2D eigenvalue weighted by molar-refractivity contribution is -0.117. The predicted molar refractivity (Wildman–Crippen MR) is 94.8 cm³/mol. The summed E-state index contributed by atoms with van der Waals surface area (Å²) in [6.45, 7) is 1.89. The minimum absolute atomic E-state index is 0.0478. The fraction of sp³-hybridized carbons (Fsp3) is 0.250. The summed E-state index contributed by atoms with van der Waals surface area (Å²) in [6, 6.07) is 15.9. The van der Waals surface area contributed by atoms with Crippen LogP contribution in [0.2, 0.25) is 0 Å². The molecule has 126 valence electrons. The van der Waals surface area contributed by atoms with Gasteiger partial charge in [-0.2, -0.15) is 5.26 Å². The second-order valence-corrected chi connectivity index (χ2v) is 6.27. The lowest BCUT2D eigenvalue weighted by atomic mass is 10.1. The van der Waals surface area contributed by atoms with E-state index in [1.54, 1.807) is 36.4 Å². The van der Waals surface area contributed by atoms with E-state index in [0.29, 0.717) is 16.8 Å². The number of hydrogen-bond acceptors (Lipinski definition) is 3. The van der Waals surface area contributed by atoms with E-state index in [2.05, 4.69) is 16.7 Å². The molecule has 1 atom stereocenters. The van der Waals surface area contributed by atoms with Gasteiger partial charge in [0.05, 0.1) is 17.7 Å². The van der Waals surface area contributed by atoms with Crippen LogP contribution in [-0.2, 0) is 4.79 Å². The van der Waals surface area contributed by atoms with Gasteiger partial charge in [0.1, 0.15) is 0 Å². The number of anilines is 1. The summed E-state index contributed by atoms with van der Waals surface area (Å²) in [5, 5.41) is 14.6. The van der Waals surface area contributed by atoms with Crippen molar-refractivity contribution in [2.75, 3.05) is 5.32 Å². The van der Waals surface area contributed by atoms with E-state index in [1.165, 1.54) is 0 Å². The first-order valence-electron chi connectivity index (χ1n) is 8.28. The second-order valence-electron chi connectivity index (χ2n) is 6.27. The third-order valence-corrected chi connectivity index (χ3v) is 4.25. The van der Waals surface area contributed by atoms with Gasteiger partial charge in [-0.15, -0.1) is 0 Å². The Morgan fingerprint density at radius 1 is 1.08 bits per heavy atom. The molecule has 2 amide bonds. The molecule has 2 N–H and O–H groups in total. The fourth-order valence-corrected chi connectivity index (χ4v) is 2.50. The number of carbonyl (C=O) groups excluding carboxylic acids is 2. The van der Waals surface area contributed by atoms with Crippen molar-refractivity contribution in [3.05, 3.63) is 65.2 Å². The van der Waals surface area contributed by atoms with Gasteiger partial charge in [0.25, 0.3) is 5.91 Å². The quantitative estimate of drug-likeness (QED) is 0.880. The van der Waals surface area contributed by atoms with Crippen LogP contribution in [0.15, 0.2) is 48.5 Å². The number of nitriles is 1. The minimum Gasteiger partial charge on any atom is -0.346 e. The fourth-order valence-electron chi connectivity index (χ4n) is 2.50. The molecule has 0 aliphatic heterocycles. The molecule has 0 bridgehead atoms. The molecule has 0 aromatic heterocycles. The molecule has 3 rings (SSSR count). The Bertz CT molecular complexity index is 816. The SMILES string of the molecule is CC(NC(=O)c1ccc(NC(=O)C2CC2)cc1)c1ccc(C#N)cc1. The molecule has 1 unspecified atom stereocenters.